The zero-order valence-corrected chi connectivity index (χ0v) is 13.0. The van der Waals surface area contributed by atoms with Gasteiger partial charge in [-0.2, -0.15) is 0 Å². The number of carbonyl (C=O) groups excluding carboxylic acids is 2. The van der Waals surface area contributed by atoms with E-state index in [1.165, 1.54) is 11.3 Å². The fourth-order valence-corrected chi connectivity index (χ4v) is 2.41. The molecule has 0 aliphatic carbocycles. The lowest BCUT2D eigenvalue weighted by Crippen LogP contribution is -2.23. The lowest BCUT2D eigenvalue weighted by atomic mass is 10.1. The summed E-state index contributed by atoms with van der Waals surface area (Å²) in [6.07, 6.45) is 0. The van der Waals surface area contributed by atoms with E-state index in [9.17, 15) is 9.59 Å². The summed E-state index contributed by atoms with van der Waals surface area (Å²) in [5.41, 5.74) is 1.44. The number of rotatable bonds is 4. The highest BCUT2D eigenvalue weighted by atomic mass is 32.1. The number of anilines is 1. The number of hydrogen-bond donors (Lipinski definition) is 1. The van der Waals surface area contributed by atoms with Crippen molar-refractivity contribution < 1.29 is 23.8 Å². The van der Waals surface area contributed by atoms with Gasteiger partial charge < -0.3 is 14.2 Å². The van der Waals surface area contributed by atoms with Crippen molar-refractivity contribution in [2.75, 3.05) is 26.6 Å². The number of benzene rings is 1. The van der Waals surface area contributed by atoms with Crippen LogP contribution in [0, 0.1) is 0 Å². The molecule has 0 aliphatic rings. The van der Waals surface area contributed by atoms with Crippen LogP contribution in [0.2, 0.25) is 0 Å². The number of thiazole rings is 1. The molecule has 0 bridgehead atoms. The van der Waals surface area contributed by atoms with Crippen LogP contribution in [0.15, 0.2) is 23.6 Å². The topological polar surface area (TPSA) is 86.8 Å². The number of nitrogens with zero attached hydrogens (tertiary/aromatic N) is 1. The predicted molar refractivity (Wildman–Crippen MR) is 81.3 cm³/mol. The molecule has 116 valence electrons. The van der Waals surface area contributed by atoms with Gasteiger partial charge in [0.1, 0.15) is 0 Å². The number of aromatic nitrogens is 1. The number of carbonyl (C=O) groups is 2. The van der Waals surface area contributed by atoms with Crippen molar-refractivity contribution in [3.63, 3.8) is 0 Å². The maximum atomic E-state index is 11.4. The predicted octanol–water partition coefficient (Wildman–Crippen LogP) is 1.94. The monoisotopic (exact) mass is 322 g/mol. The minimum atomic E-state index is -0.970. The molecule has 0 radical (unpaired) electrons. The molecule has 0 aliphatic heterocycles. The Morgan fingerprint density at radius 2 is 1.86 bits per heavy atom. The molecule has 1 amide bonds. The number of hydrogen-bond acceptors (Lipinski definition) is 7. The number of esters is 1. The van der Waals surface area contributed by atoms with Crippen molar-refractivity contribution in [1.29, 1.82) is 0 Å². The van der Waals surface area contributed by atoms with E-state index in [0.29, 0.717) is 22.3 Å². The third kappa shape index (κ3) is 3.34. The van der Waals surface area contributed by atoms with Crippen LogP contribution >= 0.6 is 11.3 Å². The number of nitrogens with one attached hydrogen (secondary N) is 1. The summed E-state index contributed by atoms with van der Waals surface area (Å²) in [4.78, 5) is 26.7. The molecule has 0 saturated heterocycles. The minimum absolute atomic E-state index is 0.306. The molecule has 22 heavy (non-hydrogen) atoms. The van der Waals surface area contributed by atoms with Gasteiger partial charge in [-0.25, -0.2) is 9.78 Å². The largest absolute Gasteiger partial charge is 0.493 e. The maximum absolute atomic E-state index is 11.4. The van der Waals surface area contributed by atoms with Crippen molar-refractivity contribution in [3.8, 4) is 22.8 Å². The van der Waals surface area contributed by atoms with Crippen molar-refractivity contribution >= 4 is 28.3 Å². The fourth-order valence-electron chi connectivity index (χ4n) is 1.70. The van der Waals surface area contributed by atoms with E-state index >= 15 is 0 Å². The van der Waals surface area contributed by atoms with E-state index in [1.54, 1.807) is 31.7 Å². The minimum Gasteiger partial charge on any atom is -0.493 e. The Morgan fingerprint density at radius 3 is 2.50 bits per heavy atom. The van der Waals surface area contributed by atoms with Crippen LogP contribution < -0.4 is 14.8 Å². The Balaban J connectivity index is 2.21. The average molecular weight is 322 g/mol. The molecule has 0 saturated carbocycles. The molecule has 2 rings (SSSR count). The molecule has 1 aromatic carbocycles. The molecule has 8 heteroatoms. The highest BCUT2D eigenvalue weighted by Crippen LogP contribution is 2.33. The van der Waals surface area contributed by atoms with Gasteiger partial charge in [0.25, 0.3) is 0 Å². The lowest BCUT2D eigenvalue weighted by molar-refractivity contribution is -0.150. The van der Waals surface area contributed by atoms with Gasteiger partial charge in [0.2, 0.25) is 0 Å². The summed E-state index contributed by atoms with van der Waals surface area (Å²) < 4.78 is 14.7. The number of methoxy groups -OCH3 is 3. The average Bonchev–Trinajstić information content (AvgIpc) is 3.01. The third-order valence-corrected chi connectivity index (χ3v) is 3.53. The van der Waals surface area contributed by atoms with Crippen LogP contribution in [0.5, 0.6) is 11.5 Å². The van der Waals surface area contributed by atoms with Crippen LogP contribution in [0.25, 0.3) is 11.3 Å². The summed E-state index contributed by atoms with van der Waals surface area (Å²) in [5, 5.41) is 4.44. The van der Waals surface area contributed by atoms with Gasteiger partial charge >= 0.3 is 11.9 Å². The zero-order chi connectivity index (χ0) is 16.1. The quantitative estimate of drug-likeness (QED) is 0.684. The van der Waals surface area contributed by atoms with Crippen molar-refractivity contribution in [1.82, 2.24) is 4.98 Å². The standard InChI is InChI=1S/C14H14N2O5S/c1-19-10-5-4-8(6-11(10)20-2)9-7-22-14(15-9)16-12(17)13(18)21-3/h4-7H,1-3H3,(H,15,16,17). The van der Waals surface area contributed by atoms with Crippen molar-refractivity contribution in [2.45, 2.75) is 0 Å². The third-order valence-electron chi connectivity index (χ3n) is 2.77. The second-order valence-electron chi connectivity index (χ2n) is 4.05. The Bertz CT molecular complexity index is 698. The molecule has 0 spiro atoms. The van der Waals surface area contributed by atoms with Gasteiger partial charge in [0, 0.05) is 10.9 Å². The molecule has 1 aromatic heterocycles. The highest BCUT2D eigenvalue weighted by Gasteiger charge is 2.16. The molecule has 0 atom stereocenters. The van der Waals surface area contributed by atoms with E-state index in [2.05, 4.69) is 15.0 Å². The highest BCUT2D eigenvalue weighted by molar-refractivity contribution is 7.14. The van der Waals surface area contributed by atoms with Crippen molar-refractivity contribution in [2.24, 2.45) is 0 Å². The summed E-state index contributed by atoms with van der Waals surface area (Å²) in [6, 6.07) is 5.36. The second-order valence-corrected chi connectivity index (χ2v) is 4.91. The molecular formula is C14H14N2O5S. The van der Waals surface area contributed by atoms with Crippen LogP contribution in [0.1, 0.15) is 0 Å². The second kappa shape index (κ2) is 6.90. The Labute approximate surface area is 130 Å². The molecule has 1 N–H and O–H groups in total. The Kier molecular flexibility index (Phi) is 4.95. The van der Waals surface area contributed by atoms with Gasteiger partial charge in [-0.1, -0.05) is 0 Å². The van der Waals surface area contributed by atoms with E-state index in [4.69, 9.17) is 9.47 Å². The summed E-state index contributed by atoms with van der Waals surface area (Å²) in [6.45, 7) is 0. The van der Waals surface area contributed by atoms with Gasteiger partial charge in [-0.15, -0.1) is 11.3 Å². The Hall–Kier alpha value is -2.61. The van der Waals surface area contributed by atoms with Crippen LogP contribution in [0.4, 0.5) is 5.13 Å². The van der Waals surface area contributed by atoms with Crippen LogP contribution in [-0.2, 0) is 14.3 Å². The van der Waals surface area contributed by atoms with Crippen LogP contribution in [0.3, 0.4) is 0 Å². The fraction of sp³-hybridized carbons (Fsp3) is 0.214. The van der Waals surface area contributed by atoms with Gasteiger partial charge in [0.05, 0.1) is 27.0 Å². The smallest absolute Gasteiger partial charge is 0.396 e. The SMILES string of the molecule is COC(=O)C(=O)Nc1nc(-c2ccc(OC)c(OC)c2)cs1. The number of ether oxygens (including phenoxy) is 3. The van der Waals surface area contributed by atoms with Crippen LogP contribution in [-0.4, -0.2) is 38.2 Å². The van der Waals surface area contributed by atoms with Gasteiger partial charge in [-0.3, -0.25) is 10.1 Å². The normalized spacial score (nSPS) is 9.95. The molecule has 7 nitrogen and oxygen atoms in total. The van der Waals surface area contributed by atoms with E-state index in [1.807, 2.05) is 6.07 Å². The molecular weight excluding hydrogens is 308 g/mol. The Morgan fingerprint density at radius 1 is 1.14 bits per heavy atom. The van der Waals surface area contributed by atoms with E-state index < -0.39 is 11.9 Å². The summed E-state index contributed by atoms with van der Waals surface area (Å²) in [5.74, 6) is -0.646. The summed E-state index contributed by atoms with van der Waals surface area (Å²) >= 11 is 1.20. The number of amides is 1. The zero-order valence-electron chi connectivity index (χ0n) is 12.2. The van der Waals surface area contributed by atoms with Crippen molar-refractivity contribution in [3.05, 3.63) is 23.6 Å². The first-order chi connectivity index (χ1) is 10.6. The molecule has 2 aromatic rings. The first kappa shape index (κ1) is 15.8. The molecule has 1 heterocycles. The van der Waals surface area contributed by atoms with Gasteiger partial charge in [-0.05, 0) is 18.2 Å². The molecule has 0 fully saturated rings. The first-order valence-corrected chi connectivity index (χ1v) is 7.04. The molecule has 0 unspecified atom stereocenters. The first-order valence-electron chi connectivity index (χ1n) is 6.16. The maximum Gasteiger partial charge on any atom is 0.396 e. The van der Waals surface area contributed by atoms with E-state index in [0.717, 1.165) is 12.7 Å². The lowest BCUT2D eigenvalue weighted by Gasteiger charge is -2.08. The van der Waals surface area contributed by atoms with E-state index in [-0.39, 0.29) is 0 Å². The summed E-state index contributed by atoms with van der Waals surface area (Å²) in [7, 11) is 4.24. The van der Waals surface area contributed by atoms with Gasteiger partial charge in [0.15, 0.2) is 16.6 Å².